The van der Waals surface area contributed by atoms with E-state index in [0.29, 0.717) is 17.8 Å². The van der Waals surface area contributed by atoms with Crippen LogP contribution in [0.3, 0.4) is 0 Å². The predicted molar refractivity (Wildman–Crippen MR) is 96.4 cm³/mol. The van der Waals surface area contributed by atoms with Gasteiger partial charge in [0.25, 0.3) is 5.91 Å². The van der Waals surface area contributed by atoms with Gasteiger partial charge in [0.15, 0.2) is 5.76 Å². The Bertz CT molecular complexity index is 755. The molecule has 1 fully saturated rings. The average molecular weight is 341 g/mol. The summed E-state index contributed by atoms with van der Waals surface area (Å²) in [6.07, 6.45) is 5.03. The maximum Gasteiger partial charge on any atom is 0.291 e. The Balaban J connectivity index is 1.59. The molecule has 1 aliphatic rings. The van der Waals surface area contributed by atoms with Crippen LogP contribution in [0.1, 0.15) is 41.8 Å². The van der Waals surface area contributed by atoms with Gasteiger partial charge in [0, 0.05) is 23.8 Å². The van der Waals surface area contributed by atoms with Crippen molar-refractivity contribution in [2.24, 2.45) is 11.7 Å². The van der Waals surface area contributed by atoms with Crippen LogP contribution in [0, 0.1) is 12.8 Å². The second-order valence-electron chi connectivity index (χ2n) is 6.57. The molecule has 2 atom stereocenters. The van der Waals surface area contributed by atoms with Crippen LogP contribution < -0.4 is 16.4 Å². The molecular formula is C19H23N3O3. The van der Waals surface area contributed by atoms with Gasteiger partial charge in [-0.2, -0.15) is 0 Å². The fourth-order valence-electron chi connectivity index (χ4n) is 3.24. The number of carbonyl (C=O) groups excluding carboxylic acids is 2. The van der Waals surface area contributed by atoms with Crippen LogP contribution in [0.25, 0.3) is 0 Å². The third-order valence-corrected chi connectivity index (χ3v) is 4.67. The summed E-state index contributed by atoms with van der Waals surface area (Å²) in [5.74, 6) is 0.201. The van der Waals surface area contributed by atoms with Gasteiger partial charge in [-0.15, -0.1) is 0 Å². The lowest BCUT2D eigenvalue weighted by atomic mass is 10.00. The lowest BCUT2D eigenvalue weighted by Crippen LogP contribution is -2.28. The molecule has 1 saturated carbocycles. The van der Waals surface area contributed by atoms with Crippen molar-refractivity contribution in [3.63, 3.8) is 0 Å². The zero-order valence-corrected chi connectivity index (χ0v) is 14.2. The van der Waals surface area contributed by atoms with Gasteiger partial charge in [0.2, 0.25) is 5.91 Å². The molecule has 1 aromatic heterocycles. The zero-order chi connectivity index (χ0) is 17.8. The summed E-state index contributed by atoms with van der Waals surface area (Å²) in [6.45, 7) is 1.88. The van der Waals surface area contributed by atoms with E-state index in [4.69, 9.17) is 10.2 Å². The predicted octanol–water partition coefficient (Wildman–Crippen LogP) is 3.30. The van der Waals surface area contributed by atoms with Gasteiger partial charge in [-0.1, -0.05) is 6.42 Å². The largest absolute Gasteiger partial charge is 0.459 e. The van der Waals surface area contributed by atoms with E-state index in [2.05, 4.69) is 10.6 Å². The van der Waals surface area contributed by atoms with Gasteiger partial charge < -0.3 is 20.8 Å². The zero-order valence-electron chi connectivity index (χ0n) is 14.2. The summed E-state index contributed by atoms with van der Waals surface area (Å²) in [7, 11) is 0. The van der Waals surface area contributed by atoms with Gasteiger partial charge in [0.05, 0.1) is 6.26 Å². The highest BCUT2D eigenvalue weighted by Crippen LogP contribution is 2.27. The first kappa shape index (κ1) is 17.2. The number of furan rings is 1. The molecule has 0 saturated heterocycles. The van der Waals surface area contributed by atoms with Crippen LogP contribution in [-0.4, -0.2) is 17.9 Å². The molecule has 0 bridgehead atoms. The molecule has 2 amide bonds. The summed E-state index contributed by atoms with van der Waals surface area (Å²) in [5.41, 5.74) is 8.27. The van der Waals surface area contributed by atoms with Crippen molar-refractivity contribution in [3.8, 4) is 0 Å². The second kappa shape index (κ2) is 7.53. The molecule has 2 aromatic rings. The molecule has 1 aromatic carbocycles. The van der Waals surface area contributed by atoms with Crippen molar-refractivity contribution in [2.45, 2.75) is 38.6 Å². The number of anilines is 2. The Labute approximate surface area is 146 Å². The van der Waals surface area contributed by atoms with Crippen molar-refractivity contribution < 1.29 is 14.0 Å². The molecule has 4 N–H and O–H groups in total. The second-order valence-corrected chi connectivity index (χ2v) is 6.57. The lowest BCUT2D eigenvalue weighted by Gasteiger charge is -2.15. The van der Waals surface area contributed by atoms with Crippen LogP contribution in [0.5, 0.6) is 0 Å². The third kappa shape index (κ3) is 4.28. The van der Waals surface area contributed by atoms with Gasteiger partial charge in [-0.25, -0.2) is 0 Å². The number of nitrogens with one attached hydrogen (secondary N) is 2. The fraction of sp³-hybridized carbons (Fsp3) is 0.368. The molecule has 0 radical (unpaired) electrons. The van der Waals surface area contributed by atoms with Gasteiger partial charge in [-0.3, -0.25) is 9.59 Å². The molecule has 0 aliphatic heterocycles. The standard InChI is InChI=1S/C19H23N3O3/c1-12-10-14(21-18(23)11-13-4-2-5-15(13)20)7-8-16(12)22-19(24)17-6-3-9-25-17/h3,6-10,13,15H,2,4-5,11,20H2,1H3,(H,21,23)(H,22,24)/t13-,15+/m0/s1. The van der Waals surface area contributed by atoms with Crippen LogP contribution in [0.15, 0.2) is 41.0 Å². The normalized spacial score (nSPS) is 19.6. The van der Waals surface area contributed by atoms with Gasteiger partial charge >= 0.3 is 0 Å². The van der Waals surface area contributed by atoms with E-state index in [1.807, 2.05) is 13.0 Å². The molecule has 0 unspecified atom stereocenters. The molecule has 6 nitrogen and oxygen atoms in total. The van der Waals surface area contributed by atoms with E-state index in [0.717, 1.165) is 24.8 Å². The monoisotopic (exact) mass is 341 g/mol. The van der Waals surface area contributed by atoms with Crippen molar-refractivity contribution in [3.05, 3.63) is 47.9 Å². The first-order valence-electron chi connectivity index (χ1n) is 8.54. The number of hydrogen-bond acceptors (Lipinski definition) is 4. The number of carbonyl (C=O) groups is 2. The number of nitrogens with two attached hydrogens (primary N) is 1. The van der Waals surface area contributed by atoms with E-state index in [1.54, 1.807) is 24.3 Å². The number of amides is 2. The van der Waals surface area contributed by atoms with E-state index < -0.39 is 0 Å². The Morgan fingerprint density at radius 1 is 1.24 bits per heavy atom. The summed E-state index contributed by atoms with van der Waals surface area (Å²) < 4.78 is 5.08. The molecular weight excluding hydrogens is 318 g/mol. The maximum absolute atomic E-state index is 12.2. The molecule has 25 heavy (non-hydrogen) atoms. The number of rotatable bonds is 5. The highest BCUT2D eigenvalue weighted by Gasteiger charge is 2.26. The Morgan fingerprint density at radius 3 is 2.72 bits per heavy atom. The van der Waals surface area contributed by atoms with Crippen LogP contribution in [0.2, 0.25) is 0 Å². The molecule has 6 heteroatoms. The Kier molecular flexibility index (Phi) is 5.19. The van der Waals surface area contributed by atoms with Crippen molar-refractivity contribution in [2.75, 3.05) is 10.6 Å². The van der Waals surface area contributed by atoms with Crippen LogP contribution >= 0.6 is 0 Å². The minimum atomic E-state index is -0.305. The van der Waals surface area contributed by atoms with Crippen LogP contribution in [0.4, 0.5) is 11.4 Å². The molecule has 1 aliphatic carbocycles. The minimum Gasteiger partial charge on any atom is -0.459 e. The summed E-state index contributed by atoms with van der Waals surface area (Å²) in [4.78, 5) is 24.2. The summed E-state index contributed by atoms with van der Waals surface area (Å²) in [5, 5.41) is 5.71. The number of aryl methyl sites for hydroxylation is 1. The van der Waals surface area contributed by atoms with Gasteiger partial charge in [0.1, 0.15) is 0 Å². The van der Waals surface area contributed by atoms with Crippen molar-refractivity contribution >= 4 is 23.2 Å². The van der Waals surface area contributed by atoms with Crippen molar-refractivity contribution in [1.82, 2.24) is 0 Å². The molecule has 132 valence electrons. The Morgan fingerprint density at radius 2 is 2.08 bits per heavy atom. The molecule has 1 heterocycles. The highest BCUT2D eigenvalue weighted by atomic mass is 16.3. The highest BCUT2D eigenvalue weighted by molar-refractivity contribution is 6.02. The lowest BCUT2D eigenvalue weighted by molar-refractivity contribution is -0.117. The van der Waals surface area contributed by atoms with Crippen molar-refractivity contribution in [1.29, 1.82) is 0 Å². The first-order valence-corrected chi connectivity index (χ1v) is 8.54. The summed E-state index contributed by atoms with van der Waals surface area (Å²) >= 11 is 0. The Hall–Kier alpha value is -2.60. The van der Waals surface area contributed by atoms with Gasteiger partial charge in [-0.05, 0) is 61.6 Å². The van der Waals surface area contributed by atoms with E-state index in [-0.39, 0.29) is 29.5 Å². The van der Waals surface area contributed by atoms with E-state index in [9.17, 15) is 9.59 Å². The smallest absolute Gasteiger partial charge is 0.291 e. The fourth-order valence-corrected chi connectivity index (χ4v) is 3.24. The number of benzene rings is 1. The molecule has 3 rings (SSSR count). The van der Waals surface area contributed by atoms with E-state index in [1.165, 1.54) is 6.26 Å². The topological polar surface area (TPSA) is 97.4 Å². The number of hydrogen-bond donors (Lipinski definition) is 3. The summed E-state index contributed by atoms with van der Waals surface area (Å²) in [6, 6.07) is 8.78. The third-order valence-electron chi connectivity index (χ3n) is 4.67. The average Bonchev–Trinajstić information content (AvgIpc) is 3.22. The minimum absolute atomic E-state index is 0.0193. The van der Waals surface area contributed by atoms with Crippen LogP contribution in [-0.2, 0) is 4.79 Å². The SMILES string of the molecule is Cc1cc(NC(=O)C[C@@H]2CCC[C@H]2N)ccc1NC(=O)c1ccco1. The van der Waals surface area contributed by atoms with E-state index >= 15 is 0 Å². The first-order chi connectivity index (χ1) is 12.0. The molecule has 0 spiro atoms. The maximum atomic E-state index is 12.2. The quantitative estimate of drug-likeness (QED) is 0.777.